The van der Waals surface area contributed by atoms with Crippen molar-refractivity contribution < 1.29 is 10.2 Å². The van der Waals surface area contributed by atoms with Gasteiger partial charge in [-0.1, -0.05) is 27.7 Å². The van der Waals surface area contributed by atoms with Crippen LogP contribution in [0.15, 0.2) is 0 Å². The molecule has 3 rings (SSSR count). The van der Waals surface area contributed by atoms with Crippen molar-refractivity contribution in [1.29, 1.82) is 0 Å². The maximum absolute atomic E-state index is 11.4. The molecular formula is C15H26O2. The lowest BCUT2D eigenvalue weighted by Crippen LogP contribution is -2.66. The summed E-state index contributed by atoms with van der Waals surface area (Å²) in [6.45, 7) is 9.00. The maximum Gasteiger partial charge on any atom is 0.0787 e. The van der Waals surface area contributed by atoms with Crippen molar-refractivity contribution in [3.05, 3.63) is 0 Å². The van der Waals surface area contributed by atoms with Crippen LogP contribution in [0.2, 0.25) is 0 Å². The molecule has 0 aromatic heterocycles. The first kappa shape index (κ1) is 12.0. The van der Waals surface area contributed by atoms with Crippen molar-refractivity contribution >= 4 is 0 Å². The van der Waals surface area contributed by atoms with Gasteiger partial charge in [-0.3, -0.25) is 0 Å². The molecule has 0 aliphatic heterocycles. The van der Waals surface area contributed by atoms with Crippen molar-refractivity contribution in [2.24, 2.45) is 22.2 Å². The Bertz CT molecular complexity index is 364. The monoisotopic (exact) mass is 238 g/mol. The molecular weight excluding hydrogens is 212 g/mol. The molecule has 4 bridgehead atoms. The van der Waals surface area contributed by atoms with E-state index in [2.05, 4.69) is 27.7 Å². The molecule has 3 aliphatic rings. The van der Waals surface area contributed by atoms with Crippen LogP contribution in [0.5, 0.6) is 0 Å². The van der Waals surface area contributed by atoms with Crippen molar-refractivity contribution in [3.63, 3.8) is 0 Å². The molecule has 0 aromatic rings. The predicted molar refractivity (Wildman–Crippen MR) is 67.5 cm³/mol. The van der Waals surface area contributed by atoms with Crippen molar-refractivity contribution in [2.45, 2.75) is 71.5 Å². The number of hydrogen-bond donors (Lipinski definition) is 2. The maximum atomic E-state index is 11.4. The summed E-state index contributed by atoms with van der Waals surface area (Å²) in [5, 5.41) is 21.8. The Morgan fingerprint density at radius 3 is 2.18 bits per heavy atom. The van der Waals surface area contributed by atoms with Crippen LogP contribution in [0.1, 0.15) is 59.8 Å². The smallest absolute Gasteiger partial charge is 0.0787 e. The van der Waals surface area contributed by atoms with Crippen LogP contribution in [0.3, 0.4) is 0 Å². The lowest BCUT2D eigenvalue weighted by Gasteiger charge is -2.62. The Kier molecular flexibility index (Phi) is 2.05. The Morgan fingerprint density at radius 1 is 0.941 bits per heavy atom. The summed E-state index contributed by atoms with van der Waals surface area (Å²) in [5.41, 5.74) is -0.720. The van der Waals surface area contributed by atoms with E-state index >= 15 is 0 Å². The quantitative estimate of drug-likeness (QED) is 0.681. The van der Waals surface area contributed by atoms with Crippen LogP contribution in [0, 0.1) is 22.2 Å². The van der Waals surface area contributed by atoms with Gasteiger partial charge in [-0.05, 0) is 43.4 Å². The fourth-order valence-electron chi connectivity index (χ4n) is 5.93. The molecule has 3 aliphatic carbocycles. The molecule has 2 heteroatoms. The van der Waals surface area contributed by atoms with Gasteiger partial charge in [0.25, 0.3) is 0 Å². The third kappa shape index (κ3) is 1.06. The summed E-state index contributed by atoms with van der Waals surface area (Å²) >= 11 is 0. The summed E-state index contributed by atoms with van der Waals surface area (Å²) in [7, 11) is 0. The second-order valence-corrected chi connectivity index (χ2v) is 8.01. The molecule has 98 valence electrons. The highest BCUT2D eigenvalue weighted by Crippen LogP contribution is 2.74. The Balaban J connectivity index is 2.18. The summed E-state index contributed by atoms with van der Waals surface area (Å²) in [5.74, 6) is 0.612. The minimum Gasteiger partial charge on any atom is -0.392 e. The largest absolute Gasteiger partial charge is 0.392 e. The van der Waals surface area contributed by atoms with Gasteiger partial charge in [-0.25, -0.2) is 0 Å². The van der Waals surface area contributed by atoms with E-state index in [9.17, 15) is 10.2 Å². The summed E-state index contributed by atoms with van der Waals surface area (Å²) in [6.07, 6.45) is 4.52. The molecule has 3 fully saturated rings. The predicted octanol–water partition coefficient (Wildman–Crippen LogP) is 2.72. The molecule has 2 nitrogen and oxygen atoms in total. The van der Waals surface area contributed by atoms with Crippen LogP contribution in [0.25, 0.3) is 0 Å². The minimum absolute atomic E-state index is 0.0166. The first-order valence-corrected chi connectivity index (χ1v) is 7.08. The van der Waals surface area contributed by atoms with Gasteiger partial charge in [0.15, 0.2) is 0 Å². The van der Waals surface area contributed by atoms with Gasteiger partial charge in [0.1, 0.15) is 0 Å². The molecule has 0 radical (unpaired) electrons. The number of aliphatic hydroxyl groups is 2. The second-order valence-electron chi connectivity index (χ2n) is 8.01. The van der Waals surface area contributed by atoms with E-state index in [4.69, 9.17) is 0 Å². The highest BCUT2D eigenvalue weighted by atomic mass is 16.3. The first-order chi connectivity index (χ1) is 7.67. The van der Waals surface area contributed by atoms with Gasteiger partial charge < -0.3 is 10.2 Å². The number of aliphatic hydroxyl groups excluding tert-OH is 1. The zero-order chi connectivity index (χ0) is 12.7. The Morgan fingerprint density at radius 2 is 1.53 bits per heavy atom. The van der Waals surface area contributed by atoms with E-state index < -0.39 is 5.60 Å². The normalized spacial score (nSPS) is 60.4. The van der Waals surface area contributed by atoms with Gasteiger partial charge in [0, 0.05) is 10.8 Å². The zero-order valence-corrected chi connectivity index (χ0v) is 11.6. The highest BCUT2D eigenvalue weighted by molar-refractivity contribution is 5.24. The standard InChI is InChI=1S/C15H26O2/c1-12(2)9-15(17)13(3)8-6-11(16)14(15,4)7-5-10(12)13/h10-11,16-17H,5-9H2,1-4H3/t10-,11+,13-,14-,15-/m0/s1. The lowest BCUT2D eigenvalue weighted by atomic mass is 9.46. The Labute approximate surface area is 104 Å². The molecule has 0 aromatic carbocycles. The second kappa shape index (κ2) is 2.91. The van der Waals surface area contributed by atoms with Crippen LogP contribution in [0.4, 0.5) is 0 Å². The Hall–Kier alpha value is -0.0800. The van der Waals surface area contributed by atoms with Crippen molar-refractivity contribution in [2.75, 3.05) is 0 Å². The molecule has 2 N–H and O–H groups in total. The number of hydrogen-bond acceptors (Lipinski definition) is 2. The van der Waals surface area contributed by atoms with Crippen molar-refractivity contribution in [1.82, 2.24) is 0 Å². The molecule has 0 heterocycles. The fourth-order valence-corrected chi connectivity index (χ4v) is 5.93. The molecule has 5 atom stereocenters. The number of rotatable bonds is 0. The third-order valence-electron chi connectivity index (χ3n) is 6.94. The first-order valence-electron chi connectivity index (χ1n) is 7.08. The van der Waals surface area contributed by atoms with Gasteiger partial charge in [0.2, 0.25) is 0 Å². The van der Waals surface area contributed by atoms with E-state index in [1.54, 1.807) is 0 Å². The molecule has 3 saturated carbocycles. The molecule has 0 spiro atoms. The summed E-state index contributed by atoms with van der Waals surface area (Å²) in [6, 6.07) is 0. The highest BCUT2D eigenvalue weighted by Gasteiger charge is 2.74. The van der Waals surface area contributed by atoms with Crippen LogP contribution in [-0.2, 0) is 0 Å². The van der Waals surface area contributed by atoms with E-state index in [0.29, 0.717) is 5.92 Å². The zero-order valence-electron chi connectivity index (χ0n) is 11.6. The molecule has 0 amide bonds. The van der Waals surface area contributed by atoms with Crippen LogP contribution < -0.4 is 0 Å². The molecule has 0 saturated heterocycles. The average Bonchev–Trinajstić information content (AvgIpc) is 2.29. The van der Waals surface area contributed by atoms with E-state index in [0.717, 1.165) is 25.7 Å². The van der Waals surface area contributed by atoms with Gasteiger partial charge in [-0.15, -0.1) is 0 Å². The van der Waals surface area contributed by atoms with Crippen molar-refractivity contribution in [3.8, 4) is 0 Å². The van der Waals surface area contributed by atoms with E-state index in [1.807, 2.05) is 0 Å². The molecule has 0 unspecified atom stereocenters. The van der Waals surface area contributed by atoms with E-state index in [-0.39, 0.29) is 22.3 Å². The minimum atomic E-state index is -0.663. The van der Waals surface area contributed by atoms with Gasteiger partial charge >= 0.3 is 0 Å². The summed E-state index contributed by atoms with van der Waals surface area (Å²) in [4.78, 5) is 0. The van der Waals surface area contributed by atoms with Crippen LogP contribution >= 0.6 is 0 Å². The topological polar surface area (TPSA) is 40.5 Å². The fraction of sp³-hybridized carbons (Fsp3) is 1.00. The van der Waals surface area contributed by atoms with Gasteiger partial charge in [-0.2, -0.15) is 0 Å². The summed E-state index contributed by atoms with van der Waals surface area (Å²) < 4.78 is 0. The van der Waals surface area contributed by atoms with Gasteiger partial charge in [0.05, 0.1) is 11.7 Å². The molecule has 17 heavy (non-hydrogen) atoms. The van der Waals surface area contributed by atoms with E-state index in [1.165, 1.54) is 6.42 Å². The van der Waals surface area contributed by atoms with Crippen LogP contribution in [-0.4, -0.2) is 21.9 Å². The average molecular weight is 238 g/mol. The lowest BCUT2D eigenvalue weighted by molar-refractivity contribution is -0.246. The third-order valence-corrected chi connectivity index (χ3v) is 6.94. The SMILES string of the molecule is CC1(C)C[C@@]2(O)[C@@]3(C)CC[C@@H]1[C@]2(C)CC[C@H]3O.